The fourth-order valence-corrected chi connectivity index (χ4v) is 4.60. The van der Waals surface area contributed by atoms with Crippen LogP contribution in [0.5, 0.6) is 11.5 Å². The molecule has 0 N–H and O–H groups in total. The lowest BCUT2D eigenvalue weighted by Crippen LogP contribution is -2.31. The van der Waals surface area contributed by atoms with Gasteiger partial charge in [-0.15, -0.1) is 11.3 Å². The molecule has 5 heteroatoms. The van der Waals surface area contributed by atoms with Crippen LogP contribution in [0.15, 0.2) is 59.7 Å². The molecule has 0 saturated carbocycles. The van der Waals surface area contributed by atoms with Crippen molar-refractivity contribution in [2.24, 2.45) is 0 Å². The molecule has 1 aromatic heterocycles. The molecule has 3 heterocycles. The van der Waals surface area contributed by atoms with Crippen LogP contribution in [0, 0.1) is 0 Å². The standard InChI is InChI=1S/C25H23NO3S/c1-16(2)18-7-5-17(6-8-18)12-23-24(27)20-9-10-22-21(25(20)29-23)14-26(15-28-22)13-19-4-3-11-30-19/h3-12,16H,13-15H2,1-2H3/b23-12-. The quantitative estimate of drug-likeness (QED) is 0.500. The molecule has 0 spiro atoms. The van der Waals surface area contributed by atoms with Gasteiger partial charge in [-0.3, -0.25) is 9.69 Å². The van der Waals surface area contributed by atoms with Crippen molar-refractivity contribution in [2.75, 3.05) is 6.73 Å². The Morgan fingerprint density at radius 1 is 1.13 bits per heavy atom. The summed E-state index contributed by atoms with van der Waals surface area (Å²) in [5, 5.41) is 2.08. The van der Waals surface area contributed by atoms with Crippen LogP contribution < -0.4 is 9.47 Å². The van der Waals surface area contributed by atoms with Crippen LogP contribution in [0.2, 0.25) is 0 Å². The van der Waals surface area contributed by atoms with Gasteiger partial charge in [0.2, 0.25) is 5.78 Å². The molecule has 0 bridgehead atoms. The summed E-state index contributed by atoms with van der Waals surface area (Å²) in [6.45, 7) is 6.38. The Morgan fingerprint density at radius 3 is 2.70 bits per heavy atom. The van der Waals surface area contributed by atoms with Crippen molar-refractivity contribution >= 4 is 23.2 Å². The summed E-state index contributed by atoms with van der Waals surface area (Å²) >= 11 is 1.74. The summed E-state index contributed by atoms with van der Waals surface area (Å²) in [7, 11) is 0. The number of allylic oxidation sites excluding steroid dienone is 1. The van der Waals surface area contributed by atoms with Gasteiger partial charge in [0, 0.05) is 18.0 Å². The Balaban J connectivity index is 1.41. The summed E-state index contributed by atoms with van der Waals surface area (Å²) in [5.74, 6) is 2.20. The number of thiophene rings is 1. The number of fused-ring (bicyclic) bond motifs is 3. The molecule has 0 saturated heterocycles. The van der Waals surface area contributed by atoms with Crippen LogP contribution in [0.1, 0.15) is 51.7 Å². The molecule has 0 unspecified atom stereocenters. The normalized spacial score (nSPS) is 17.0. The van der Waals surface area contributed by atoms with E-state index < -0.39 is 0 Å². The molecular formula is C25H23NO3S. The van der Waals surface area contributed by atoms with Gasteiger partial charge in [-0.25, -0.2) is 0 Å². The number of rotatable bonds is 4. The Bertz CT molecular complexity index is 1110. The predicted molar refractivity (Wildman–Crippen MR) is 119 cm³/mol. The van der Waals surface area contributed by atoms with Gasteiger partial charge in [0.15, 0.2) is 5.76 Å². The zero-order chi connectivity index (χ0) is 20.7. The van der Waals surface area contributed by atoms with Crippen LogP contribution in [-0.4, -0.2) is 17.4 Å². The maximum absolute atomic E-state index is 13.0. The van der Waals surface area contributed by atoms with Gasteiger partial charge in [0.25, 0.3) is 0 Å². The Morgan fingerprint density at radius 2 is 1.97 bits per heavy atom. The molecule has 2 aromatic carbocycles. The van der Waals surface area contributed by atoms with E-state index in [1.165, 1.54) is 10.4 Å². The highest BCUT2D eigenvalue weighted by atomic mass is 32.1. The van der Waals surface area contributed by atoms with Crippen molar-refractivity contribution < 1.29 is 14.3 Å². The highest BCUT2D eigenvalue weighted by Gasteiger charge is 2.33. The molecule has 5 rings (SSSR count). The molecule has 2 aliphatic heterocycles. The van der Waals surface area contributed by atoms with Crippen LogP contribution >= 0.6 is 11.3 Å². The zero-order valence-corrected chi connectivity index (χ0v) is 17.9. The van der Waals surface area contributed by atoms with E-state index in [0.29, 0.717) is 36.3 Å². The van der Waals surface area contributed by atoms with E-state index in [-0.39, 0.29) is 5.78 Å². The molecule has 2 aliphatic rings. The lowest BCUT2D eigenvalue weighted by molar-refractivity contribution is 0.0882. The van der Waals surface area contributed by atoms with Crippen LogP contribution in [0.4, 0.5) is 0 Å². The second-order valence-corrected chi connectivity index (χ2v) is 9.05. The van der Waals surface area contributed by atoms with Gasteiger partial charge in [-0.05, 0) is 46.7 Å². The summed E-state index contributed by atoms with van der Waals surface area (Å²) in [5.41, 5.74) is 3.79. The van der Waals surface area contributed by atoms with Gasteiger partial charge in [-0.2, -0.15) is 0 Å². The minimum absolute atomic E-state index is 0.0730. The summed E-state index contributed by atoms with van der Waals surface area (Å²) < 4.78 is 12.0. The number of hydrogen-bond acceptors (Lipinski definition) is 5. The van der Waals surface area contributed by atoms with Crippen molar-refractivity contribution in [1.29, 1.82) is 0 Å². The molecule has 152 valence electrons. The highest BCUT2D eigenvalue weighted by molar-refractivity contribution is 7.09. The van der Waals surface area contributed by atoms with E-state index in [1.54, 1.807) is 11.3 Å². The van der Waals surface area contributed by atoms with Gasteiger partial charge >= 0.3 is 0 Å². The minimum Gasteiger partial charge on any atom is -0.478 e. The number of benzene rings is 2. The molecule has 0 amide bonds. The summed E-state index contributed by atoms with van der Waals surface area (Å²) in [4.78, 5) is 16.5. The number of carbonyl (C=O) groups excluding carboxylic acids is 1. The minimum atomic E-state index is -0.0730. The van der Waals surface area contributed by atoms with Crippen molar-refractivity contribution in [2.45, 2.75) is 32.9 Å². The number of Topliss-reactive ketones (excluding diaryl/α,β-unsaturated/α-hetero) is 1. The lowest BCUT2D eigenvalue weighted by Gasteiger charge is -2.29. The van der Waals surface area contributed by atoms with Crippen molar-refractivity contribution in [1.82, 2.24) is 4.90 Å². The average Bonchev–Trinajstić information content (AvgIpc) is 3.37. The van der Waals surface area contributed by atoms with Gasteiger partial charge in [-0.1, -0.05) is 44.2 Å². The molecule has 30 heavy (non-hydrogen) atoms. The number of nitrogens with zero attached hydrogens (tertiary/aromatic N) is 1. The Hall–Kier alpha value is -2.89. The van der Waals surface area contributed by atoms with Crippen LogP contribution in [0.3, 0.4) is 0 Å². The zero-order valence-electron chi connectivity index (χ0n) is 17.1. The summed E-state index contributed by atoms with van der Waals surface area (Å²) in [6, 6.07) is 16.1. The van der Waals surface area contributed by atoms with E-state index in [2.05, 4.69) is 48.4 Å². The van der Waals surface area contributed by atoms with Crippen molar-refractivity contribution in [3.8, 4) is 11.5 Å². The Labute approximate surface area is 180 Å². The smallest absolute Gasteiger partial charge is 0.231 e. The highest BCUT2D eigenvalue weighted by Crippen LogP contribution is 2.42. The molecular weight excluding hydrogens is 394 g/mol. The first kappa shape index (κ1) is 19.1. The van der Waals surface area contributed by atoms with Crippen molar-refractivity contribution in [3.05, 3.63) is 86.8 Å². The van der Waals surface area contributed by atoms with Crippen molar-refractivity contribution in [3.63, 3.8) is 0 Å². The van der Waals surface area contributed by atoms with E-state index in [9.17, 15) is 4.79 Å². The largest absolute Gasteiger partial charge is 0.478 e. The fourth-order valence-electron chi connectivity index (χ4n) is 3.86. The van der Waals surface area contributed by atoms with E-state index in [4.69, 9.17) is 9.47 Å². The molecule has 0 radical (unpaired) electrons. The monoisotopic (exact) mass is 417 g/mol. The topological polar surface area (TPSA) is 38.8 Å². The molecule has 0 aliphatic carbocycles. The van der Waals surface area contributed by atoms with Gasteiger partial charge in [0.1, 0.15) is 18.2 Å². The number of ketones is 1. The third-order valence-electron chi connectivity index (χ3n) is 5.54. The Kier molecular flexibility index (Phi) is 4.93. The third-order valence-corrected chi connectivity index (χ3v) is 6.40. The second kappa shape index (κ2) is 7.74. The number of ether oxygens (including phenoxy) is 2. The SMILES string of the molecule is CC(C)c1ccc(/C=C2\Oc3c(ccc4c3CN(Cc3cccs3)CO4)C2=O)cc1. The van der Waals surface area contributed by atoms with Gasteiger partial charge in [0.05, 0.1) is 11.1 Å². The fraction of sp³-hybridized carbons (Fsp3) is 0.240. The number of carbonyl (C=O) groups is 1. The van der Waals surface area contributed by atoms with E-state index >= 15 is 0 Å². The first-order valence-corrected chi connectivity index (χ1v) is 11.0. The second-order valence-electron chi connectivity index (χ2n) is 8.02. The maximum Gasteiger partial charge on any atom is 0.231 e. The maximum atomic E-state index is 13.0. The lowest BCUT2D eigenvalue weighted by atomic mass is 10.0. The summed E-state index contributed by atoms with van der Waals surface area (Å²) in [6.07, 6.45) is 1.83. The van der Waals surface area contributed by atoms with Gasteiger partial charge < -0.3 is 9.47 Å². The first-order chi connectivity index (χ1) is 14.6. The first-order valence-electron chi connectivity index (χ1n) is 10.2. The third kappa shape index (κ3) is 3.55. The van der Waals surface area contributed by atoms with E-state index in [0.717, 1.165) is 23.4 Å². The molecule has 0 atom stereocenters. The number of hydrogen-bond donors (Lipinski definition) is 0. The molecule has 3 aromatic rings. The van der Waals surface area contributed by atoms with Crippen LogP contribution in [0.25, 0.3) is 6.08 Å². The molecule has 4 nitrogen and oxygen atoms in total. The molecule has 0 fully saturated rings. The van der Waals surface area contributed by atoms with E-state index in [1.807, 2.05) is 30.3 Å². The van der Waals surface area contributed by atoms with Crippen LogP contribution in [-0.2, 0) is 13.1 Å². The average molecular weight is 418 g/mol. The predicted octanol–water partition coefficient (Wildman–Crippen LogP) is 5.84.